The molecule has 1 aromatic rings. The molecule has 5 nitrogen and oxygen atoms in total. The van der Waals surface area contributed by atoms with Gasteiger partial charge in [-0.3, -0.25) is 14.9 Å². The molecular weight excluding hydrogens is 220 g/mol. The second-order valence-corrected chi connectivity index (χ2v) is 4.73. The van der Waals surface area contributed by atoms with Gasteiger partial charge in [0.05, 0.1) is 10.3 Å². The quantitative estimate of drug-likeness (QED) is 0.596. The molecule has 1 aliphatic heterocycles. The number of nitro groups is 1. The largest absolute Gasteiger partial charge is 0.325 e. The molecule has 0 radical (unpaired) electrons. The SMILES string of the molecule is O=C1Nc2ccc([N+](=O)[O-])cc2C12CCCC2. The minimum atomic E-state index is -0.499. The van der Waals surface area contributed by atoms with Crippen molar-refractivity contribution in [2.45, 2.75) is 31.1 Å². The highest BCUT2D eigenvalue weighted by Gasteiger charge is 2.48. The van der Waals surface area contributed by atoms with Crippen LogP contribution in [0.15, 0.2) is 18.2 Å². The van der Waals surface area contributed by atoms with E-state index in [1.807, 2.05) is 0 Å². The van der Waals surface area contributed by atoms with Gasteiger partial charge in [-0.1, -0.05) is 12.8 Å². The van der Waals surface area contributed by atoms with E-state index in [1.54, 1.807) is 12.1 Å². The van der Waals surface area contributed by atoms with Crippen LogP contribution in [0.4, 0.5) is 11.4 Å². The van der Waals surface area contributed by atoms with Crippen LogP contribution in [0.2, 0.25) is 0 Å². The van der Waals surface area contributed by atoms with Crippen LogP contribution < -0.4 is 5.32 Å². The van der Waals surface area contributed by atoms with Gasteiger partial charge < -0.3 is 5.32 Å². The van der Waals surface area contributed by atoms with E-state index >= 15 is 0 Å². The molecule has 1 saturated carbocycles. The van der Waals surface area contributed by atoms with Gasteiger partial charge in [0.2, 0.25) is 5.91 Å². The number of nitro benzene ring substituents is 1. The number of non-ortho nitro benzene ring substituents is 1. The van der Waals surface area contributed by atoms with Crippen molar-refractivity contribution >= 4 is 17.3 Å². The van der Waals surface area contributed by atoms with Gasteiger partial charge in [0.15, 0.2) is 0 Å². The molecule has 5 heteroatoms. The van der Waals surface area contributed by atoms with Gasteiger partial charge in [-0.25, -0.2) is 0 Å². The number of fused-ring (bicyclic) bond motifs is 2. The number of rotatable bonds is 1. The van der Waals surface area contributed by atoms with Crippen molar-refractivity contribution in [1.29, 1.82) is 0 Å². The highest BCUT2D eigenvalue weighted by atomic mass is 16.6. The number of nitrogens with zero attached hydrogens (tertiary/aromatic N) is 1. The number of carbonyl (C=O) groups excluding carboxylic acids is 1. The van der Waals surface area contributed by atoms with Crippen LogP contribution in [0.5, 0.6) is 0 Å². The molecule has 0 unspecified atom stereocenters. The molecule has 0 bridgehead atoms. The number of amides is 1. The van der Waals surface area contributed by atoms with Gasteiger partial charge in [0, 0.05) is 17.8 Å². The summed E-state index contributed by atoms with van der Waals surface area (Å²) >= 11 is 0. The number of hydrogen-bond donors (Lipinski definition) is 1. The maximum Gasteiger partial charge on any atom is 0.269 e. The number of carbonyl (C=O) groups is 1. The predicted molar refractivity (Wildman–Crippen MR) is 61.9 cm³/mol. The Labute approximate surface area is 98.0 Å². The fourth-order valence-corrected chi connectivity index (χ4v) is 2.99. The zero-order valence-corrected chi connectivity index (χ0v) is 9.23. The number of hydrogen-bond acceptors (Lipinski definition) is 3. The molecule has 1 fully saturated rings. The van der Waals surface area contributed by atoms with Crippen LogP contribution in [0.3, 0.4) is 0 Å². The predicted octanol–water partition coefficient (Wildman–Crippen LogP) is 2.36. The fourth-order valence-electron chi connectivity index (χ4n) is 2.99. The highest BCUT2D eigenvalue weighted by molar-refractivity contribution is 6.06. The lowest BCUT2D eigenvalue weighted by molar-refractivity contribution is -0.384. The standard InChI is InChI=1S/C12H12N2O3/c15-11-12(5-1-2-6-12)9-7-8(14(16)17)3-4-10(9)13-11/h3-4,7H,1-2,5-6H2,(H,13,15). The van der Waals surface area contributed by atoms with Gasteiger partial charge >= 0.3 is 0 Å². The van der Waals surface area contributed by atoms with Crippen LogP contribution in [-0.4, -0.2) is 10.8 Å². The Kier molecular flexibility index (Phi) is 1.98. The third kappa shape index (κ3) is 1.28. The van der Waals surface area contributed by atoms with Crippen molar-refractivity contribution in [1.82, 2.24) is 0 Å². The maximum atomic E-state index is 12.1. The lowest BCUT2D eigenvalue weighted by Gasteiger charge is -2.20. The second-order valence-electron chi connectivity index (χ2n) is 4.73. The minimum absolute atomic E-state index is 0.00509. The first kappa shape index (κ1) is 10.3. The third-order valence-corrected chi connectivity index (χ3v) is 3.87. The van der Waals surface area contributed by atoms with Crippen LogP contribution in [0, 0.1) is 10.1 Å². The van der Waals surface area contributed by atoms with Crippen molar-refractivity contribution in [2.75, 3.05) is 5.32 Å². The minimum Gasteiger partial charge on any atom is -0.325 e. The second kappa shape index (κ2) is 3.29. The summed E-state index contributed by atoms with van der Waals surface area (Å²) in [5.41, 5.74) is 1.12. The van der Waals surface area contributed by atoms with Crippen molar-refractivity contribution in [3.05, 3.63) is 33.9 Å². The third-order valence-electron chi connectivity index (χ3n) is 3.87. The number of benzene rings is 1. The summed E-state index contributed by atoms with van der Waals surface area (Å²) in [5.74, 6) is 0.00509. The van der Waals surface area contributed by atoms with Crippen molar-refractivity contribution in [2.24, 2.45) is 0 Å². The summed E-state index contributed by atoms with van der Waals surface area (Å²) in [4.78, 5) is 22.4. The van der Waals surface area contributed by atoms with E-state index in [2.05, 4.69) is 5.32 Å². The molecule has 1 N–H and O–H groups in total. The summed E-state index contributed by atoms with van der Waals surface area (Å²) < 4.78 is 0. The summed E-state index contributed by atoms with van der Waals surface area (Å²) in [6.07, 6.45) is 3.62. The molecule has 17 heavy (non-hydrogen) atoms. The van der Waals surface area contributed by atoms with Crippen LogP contribution in [0.25, 0.3) is 0 Å². The van der Waals surface area contributed by atoms with E-state index in [1.165, 1.54) is 6.07 Å². The van der Waals surface area contributed by atoms with Crippen LogP contribution in [-0.2, 0) is 10.2 Å². The molecule has 0 atom stereocenters. The van der Waals surface area contributed by atoms with E-state index in [0.29, 0.717) is 0 Å². The summed E-state index contributed by atoms with van der Waals surface area (Å²) in [6, 6.07) is 4.63. The molecule has 0 aromatic heterocycles. The average Bonchev–Trinajstić information content (AvgIpc) is 2.88. The molecule has 1 aromatic carbocycles. The Morgan fingerprint density at radius 1 is 1.29 bits per heavy atom. The maximum absolute atomic E-state index is 12.1. The Morgan fingerprint density at radius 3 is 2.65 bits per heavy atom. The lowest BCUT2D eigenvalue weighted by Crippen LogP contribution is -2.30. The summed E-state index contributed by atoms with van der Waals surface area (Å²) in [7, 11) is 0. The monoisotopic (exact) mass is 232 g/mol. The molecule has 88 valence electrons. The average molecular weight is 232 g/mol. The zero-order valence-electron chi connectivity index (χ0n) is 9.23. The number of nitrogens with one attached hydrogen (secondary N) is 1. The van der Waals surface area contributed by atoms with Gasteiger partial charge in [-0.2, -0.15) is 0 Å². The van der Waals surface area contributed by atoms with Crippen molar-refractivity contribution < 1.29 is 9.72 Å². The summed E-state index contributed by atoms with van der Waals surface area (Å²) in [6.45, 7) is 0. The Balaban J connectivity index is 2.16. The normalized spacial score (nSPS) is 20.4. The molecule has 1 aliphatic carbocycles. The van der Waals surface area contributed by atoms with E-state index in [0.717, 1.165) is 36.9 Å². The van der Waals surface area contributed by atoms with E-state index in [4.69, 9.17) is 0 Å². The first-order chi connectivity index (χ1) is 8.13. The van der Waals surface area contributed by atoms with Crippen molar-refractivity contribution in [3.8, 4) is 0 Å². The van der Waals surface area contributed by atoms with Gasteiger partial charge in [0.1, 0.15) is 0 Å². The lowest BCUT2D eigenvalue weighted by atomic mass is 9.80. The van der Waals surface area contributed by atoms with E-state index in [-0.39, 0.29) is 11.6 Å². The molecule has 3 rings (SSSR count). The van der Waals surface area contributed by atoms with Crippen LogP contribution in [0.1, 0.15) is 31.2 Å². The van der Waals surface area contributed by atoms with E-state index in [9.17, 15) is 14.9 Å². The first-order valence-electron chi connectivity index (χ1n) is 5.74. The van der Waals surface area contributed by atoms with Crippen LogP contribution >= 0.6 is 0 Å². The fraction of sp³-hybridized carbons (Fsp3) is 0.417. The molecular formula is C12H12N2O3. The smallest absolute Gasteiger partial charge is 0.269 e. The number of anilines is 1. The Bertz CT molecular complexity index is 518. The molecule has 1 heterocycles. The highest BCUT2D eigenvalue weighted by Crippen LogP contribution is 2.49. The van der Waals surface area contributed by atoms with Crippen molar-refractivity contribution in [3.63, 3.8) is 0 Å². The zero-order chi connectivity index (χ0) is 12.0. The van der Waals surface area contributed by atoms with Gasteiger partial charge in [0.25, 0.3) is 5.69 Å². The first-order valence-corrected chi connectivity index (χ1v) is 5.74. The Morgan fingerprint density at radius 2 is 2.00 bits per heavy atom. The van der Waals surface area contributed by atoms with Gasteiger partial charge in [-0.05, 0) is 24.5 Å². The molecule has 0 saturated heterocycles. The molecule has 1 spiro atoms. The van der Waals surface area contributed by atoms with E-state index < -0.39 is 10.3 Å². The molecule has 2 aliphatic rings. The molecule has 1 amide bonds. The summed E-state index contributed by atoms with van der Waals surface area (Å²) in [5, 5.41) is 13.6. The van der Waals surface area contributed by atoms with Gasteiger partial charge in [-0.15, -0.1) is 0 Å². The topological polar surface area (TPSA) is 72.2 Å². The Hall–Kier alpha value is -1.91.